The lowest BCUT2D eigenvalue weighted by Crippen LogP contribution is -2.32. The van der Waals surface area contributed by atoms with Crippen LogP contribution in [-0.2, 0) is 14.3 Å². The maximum Gasteiger partial charge on any atom is 0.338 e. The number of rotatable bonds is 6. The van der Waals surface area contributed by atoms with Gasteiger partial charge in [0.15, 0.2) is 0 Å². The number of esters is 1. The Morgan fingerprint density at radius 1 is 1.04 bits per heavy atom. The van der Waals surface area contributed by atoms with E-state index in [-0.39, 0.29) is 17.3 Å². The number of imide groups is 1. The second kappa shape index (κ2) is 8.14. The first kappa shape index (κ1) is 19.4. The largest absolute Gasteiger partial charge is 0.497 e. The molecule has 0 radical (unpaired) electrons. The Balaban J connectivity index is 1.79. The van der Waals surface area contributed by atoms with Crippen molar-refractivity contribution < 1.29 is 23.9 Å². The molecule has 1 aliphatic heterocycles. The van der Waals surface area contributed by atoms with Crippen LogP contribution >= 0.6 is 11.6 Å². The Morgan fingerprint density at radius 2 is 1.68 bits per heavy atom. The van der Waals surface area contributed by atoms with E-state index in [4.69, 9.17) is 21.1 Å². The van der Waals surface area contributed by atoms with Gasteiger partial charge in [-0.3, -0.25) is 9.59 Å². The topological polar surface area (TPSA) is 84.9 Å². The Morgan fingerprint density at radius 3 is 2.25 bits per heavy atom. The van der Waals surface area contributed by atoms with Crippen LogP contribution in [0.2, 0.25) is 0 Å². The molecule has 28 heavy (non-hydrogen) atoms. The normalized spacial score (nSPS) is 13.8. The molecule has 2 aromatic carbocycles. The van der Waals surface area contributed by atoms with E-state index in [0.29, 0.717) is 22.7 Å². The first-order valence-corrected chi connectivity index (χ1v) is 8.81. The zero-order valence-electron chi connectivity index (χ0n) is 15.2. The van der Waals surface area contributed by atoms with Gasteiger partial charge in [0.2, 0.25) is 0 Å². The number of ether oxygens (including phenoxy) is 2. The maximum absolute atomic E-state index is 12.7. The molecular formula is C20H17ClN2O5. The number of carbonyl (C=O) groups is 3. The van der Waals surface area contributed by atoms with Crippen LogP contribution < -0.4 is 15.0 Å². The van der Waals surface area contributed by atoms with Crippen molar-refractivity contribution in [2.24, 2.45) is 0 Å². The molecule has 0 saturated heterocycles. The Hall–Kier alpha value is -3.32. The number of anilines is 2. The van der Waals surface area contributed by atoms with Crippen molar-refractivity contribution in [1.82, 2.24) is 0 Å². The quantitative estimate of drug-likeness (QED) is 0.591. The number of carbonyl (C=O) groups excluding carboxylic acids is 3. The molecule has 0 aromatic heterocycles. The third-order valence-corrected chi connectivity index (χ3v) is 4.37. The molecule has 0 atom stereocenters. The van der Waals surface area contributed by atoms with Crippen LogP contribution in [0, 0.1) is 0 Å². The second-order valence-corrected chi connectivity index (χ2v) is 6.13. The van der Waals surface area contributed by atoms with Crippen molar-refractivity contribution in [3.8, 4) is 5.75 Å². The van der Waals surface area contributed by atoms with Gasteiger partial charge >= 0.3 is 5.97 Å². The van der Waals surface area contributed by atoms with E-state index in [1.807, 2.05) is 0 Å². The summed E-state index contributed by atoms with van der Waals surface area (Å²) in [6, 6.07) is 12.8. The summed E-state index contributed by atoms with van der Waals surface area (Å²) in [5, 5.41) is 2.64. The molecule has 1 N–H and O–H groups in total. The predicted molar refractivity (Wildman–Crippen MR) is 104 cm³/mol. The summed E-state index contributed by atoms with van der Waals surface area (Å²) >= 11 is 6.11. The van der Waals surface area contributed by atoms with Gasteiger partial charge in [0, 0.05) is 5.69 Å². The fraction of sp³-hybridized carbons (Fsp3) is 0.150. The number of benzene rings is 2. The number of nitrogens with zero attached hydrogens (tertiary/aromatic N) is 1. The Kier molecular flexibility index (Phi) is 5.65. The highest BCUT2D eigenvalue weighted by atomic mass is 35.5. The Bertz CT molecular complexity index is 952. The SMILES string of the molecule is CCOC(=O)c1ccc(NC2=C(Cl)C(=O)N(c3ccc(OC)cc3)C2=O)cc1. The molecule has 1 aliphatic rings. The third kappa shape index (κ3) is 3.70. The highest BCUT2D eigenvalue weighted by Crippen LogP contribution is 2.31. The van der Waals surface area contributed by atoms with Crippen LogP contribution in [-0.4, -0.2) is 31.5 Å². The average molecular weight is 401 g/mol. The number of halogens is 1. The van der Waals surface area contributed by atoms with E-state index >= 15 is 0 Å². The number of hydrogen-bond acceptors (Lipinski definition) is 6. The van der Waals surface area contributed by atoms with Gasteiger partial charge in [-0.25, -0.2) is 9.69 Å². The number of nitrogens with one attached hydrogen (secondary N) is 1. The van der Waals surface area contributed by atoms with Crippen molar-refractivity contribution in [3.63, 3.8) is 0 Å². The fourth-order valence-corrected chi connectivity index (χ4v) is 2.84. The van der Waals surface area contributed by atoms with Gasteiger partial charge in [0.05, 0.1) is 25.0 Å². The highest BCUT2D eigenvalue weighted by molar-refractivity contribution is 6.53. The zero-order chi connectivity index (χ0) is 20.3. The molecule has 2 aromatic rings. The van der Waals surface area contributed by atoms with Gasteiger partial charge in [-0.1, -0.05) is 11.6 Å². The maximum atomic E-state index is 12.7. The fourth-order valence-electron chi connectivity index (χ4n) is 2.63. The van der Waals surface area contributed by atoms with Crippen LogP contribution in [0.3, 0.4) is 0 Å². The summed E-state index contributed by atoms with van der Waals surface area (Å²) < 4.78 is 10.0. The van der Waals surface area contributed by atoms with Crippen molar-refractivity contribution in [2.75, 3.05) is 23.9 Å². The van der Waals surface area contributed by atoms with Crippen molar-refractivity contribution in [3.05, 3.63) is 64.8 Å². The third-order valence-electron chi connectivity index (χ3n) is 4.02. The number of amides is 2. The van der Waals surface area contributed by atoms with Crippen LogP contribution in [0.1, 0.15) is 17.3 Å². The predicted octanol–water partition coefficient (Wildman–Crippen LogP) is 3.31. The molecule has 3 rings (SSSR count). The summed E-state index contributed by atoms with van der Waals surface area (Å²) in [7, 11) is 1.52. The Labute approximate surface area is 166 Å². The monoisotopic (exact) mass is 400 g/mol. The second-order valence-electron chi connectivity index (χ2n) is 5.76. The van der Waals surface area contributed by atoms with E-state index in [1.165, 1.54) is 7.11 Å². The summed E-state index contributed by atoms with van der Waals surface area (Å²) in [5.74, 6) is -1.04. The molecule has 7 nitrogen and oxygen atoms in total. The minimum absolute atomic E-state index is 0.0358. The van der Waals surface area contributed by atoms with E-state index in [0.717, 1.165) is 4.90 Å². The lowest BCUT2D eigenvalue weighted by molar-refractivity contribution is -0.120. The minimum atomic E-state index is -0.623. The first-order chi connectivity index (χ1) is 13.5. The van der Waals surface area contributed by atoms with Gasteiger partial charge in [0.25, 0.3) is 11.8 Å². The van der Waals surface area contributed by atoms with Gasteiger partial charge in [0.1, 0.15) is 16.5 Å². The average Bonchev–Trinajstić information content (AvgIpc) is 2.92. The van der Waals surface area contributed by atoms with E-state index in [1.54, 1.807) is 55.5 Å². The lowest BCUT2D eigenvalue weighted by atomic mass is 10.2. The summed E-state index contributed by atoms with van der Waals surface area (Å²) in [4.78, 5) is 37.9. The van der Waals surface area contributed by atoms with E-state index in [2.05, 4.69) is 5.32 Å². The van der Waals surface area contributed by atoms with Crippen molar-refractivity contribution in [1.29, 1.82) is 0 Å². The molecule has 8 heteroatoms. The molecule has 0 spiro atoms. The van der Waals surface area contributed by atoms with Crippen LogP contribution in [0.4, 0.5) is 11.4 Å². The summed E-state index contributed by atoms with van der Waals surface area (Å²) in [6.07, 6.45) is 0. The zero-order valence-corrected chi connectivity index (χ0v) is 15.9. The van der Waals surface area contributed by atoms with Crippen LogP contribution in [0.15, 0.2) is 59.3 Å². The molecule has 1 heterocycles. The van der Waals surface area contributed by atoms with Crippen LogP contribution in [0.5, 0.6) is 5.75 Å². The van der Waals surface area contributed by atoms with Gasteiger partial charge in [-0.15, -0.1) is 0 Å². The smallest absolute Gasteiger partial charge is 0.338 e. The molecule has 0 bridgehead atoms. The number of hydrogen-bond donors (Lipinski definition) is 1. The van der Waals surface area contributed by atoms with Crippen LogP contribution in [0.25, 0.3) is 0 Å². The minimum Gasteiger partial charge on any atom is -0.497 e. The molecule has 2 amide bonds. The molecule has 144 valence electrons. The van der Waals surface area contributed by atoms with Gasteiger partial charge < -0.3 is 14.8 Å². The van der Waals surface area contributed by atoms with Crippen molar-refractivity contribution >= 4 is 40.8 Å². The standard InChI is InChI=1S/C20H17ClN2O5/c1-3-28-20(26)12-4-6-13(7-5-12)22-17-16(21)18(24)23(19(17)25)14-8-10-15(27-2)11-9-14/h4-11,22H,3H2,1-2H3. The van der Waals surface area contributed by atoms with Crippen molar-refractivity contribution in [2.45, 2.75) is 6.92 Å². The number of methoxy groups -OCH3 is 1. The molecule has 0 saturated carbocycles. The molecule has 0 aliphatic carbocycles. The molecule has 0 unspecified atom stereocenters. The lowest BCUT2D eigenvalue weighted by Gasteiger charge is -2.15. The first-order valence-electron chi connectivity index (χ1n) is 8.43. The molecule has 0 fully saturated rings. The summed E-state index contributed by atoms with van der Waals surface area (Å²) in [6.45, 7) is 2.00. The highest BCUT2D eigenvalue weighted by Gasteiger charge is 2.38. The van der Waals surface area contributed by atoms with E-state index in [9.17, 15) is 14.4 Å². The molecular weight excluding hydrogens is 384 g/mol. The summed E-state index contributed by atoms with van der Waals surface area (Å²) in [5.41, 5.74) is 1.22. The van der Waals surface area contributed by atoms with E-state index < -0.39 is 17.8 Å². The van der Waals surface area contributed by atoms with Gasteiger partial charge in [-0.2, -0.15) is 0 Å². The van der Waals surface area contributed by atoms with Gasteiger partial charge in [-0.05, 0) is 55.5 Å².